The fraction of sp³-hybridized carbons (Fsp3) is 0.958. The van der Waals surface area contributed by atoms with Gasteiger partial charge in [0.2, 0.25) is 5.91 Å². The Kier molecular flexibility index (Phi) is 49.3. The van der Waals surface area contributed by atoms with E-state index in [2.05, 4.69) is 31.3 Å². The van der Waals surface area contributed by atoms with Crippen LogP contribution in [0.15, 0.2) is 12.2 Å². The molecule has 3 heterocycles. The molecule has 19 nitrogen and oxygen atoms in total. The highest BCUT2D eigenvalue weighted by Crippen LogP contribution is 2.33. The molecule has 3 saturated heterocycles. The van der Waals surface area contributed by atoms with Crippen LogP contribution in [0.25, 0.3) is 0 Å². The normalized spacial score (nSPS) is 28.0. The Morgan fingerprint density at radius 2 is 0.700 bits per heavy atom. The van der Waals surface area contributed by atoms with Crippen molar-refractivity contribution in [2.24, 2.45) is 0 Å². The van der Waals surface area contributed by atoms with Crippen LogP contribution < -0.4 is 5.32 Å². The van der Waals surface area contributed by atoms with Crippen molar-refractivity contribution in [1.82, 2.24) is 5.32 Å². The van der Waals surface area contributed by atoms with Crippen molar-refractivity contribution in [3.05, 3.63) is 12.2 Å². The van der Waals surface area contributed by atoms with E-state index in [9.17, 15) is 61.0 Å². The first-order valence-corrected chi connectivity index (χ1v) is 36.9. The molecule has 0 aromatic heterocycles. The van der Waals surface area contributed by atoms with E-state index in [1.807, 2.05) is 0 Å². The largest absolute Gasteiger partial charge is 0.394 e. The highest BCUT2D eigenvalue weighted by molar-refractivity contribution is 5.76. The Balaban J connectivity index is 1.17. The molecule has 3 aliphatic heterocycles. The highest BCUT2D eigenvalue weighted by atomic mass is 16.8. The van der Waals surface area contributed by atoms with Gasteiger partial charge in [0.15, 0.2) is 18.9 Å². The number of ether oxygens (including phenoxy) is 6. The summed E-state index contributed by atoms with van der Waals surface area (Å²) in [6.07, 6.45) is 34.7. The average Bonchev–Trinajstić information content (AvgIpc) is 1.63. The number of carbonyl (C=O) groups is 1. The van der Waals surface area contributed by atoms with Gasteiger partial charge in [-0.3, -0.25) is 4.79 Å². The molecule has 1 amide bonds. The summed E-state index contributed by atoms with van der Waals surface area (Å²) in [5.74, 6) is -0.246. The summed E-state index contributed by atoms with van der Waals surface area (Å²) in [6.45, 7) is 1.68. The van der Waals surface area contributed by atoms with Gasteiger partial charge in [-0.25, -0.2) is 0 Å². The number of amides is 1. The lowest BCUT2D eigenvalue weighted by Gasteiger charge is -2.48. The molecule has 19 heteroatoms. The number of allylic oxidation sites excluding steroid dienone is 2. The van der Waals surface area contributed by atoms with Crippen molar-refractivity contribution in [2.75, 3.05) is 26.4 Å². The van der Waals surface area contributed by atoms with Crippen molar-refractivity contribution in [3.63, 3.8) is 0 Å². The van der Waals surface area contributed by atoms with E-state index in [0.29, 0.717) is 12.8 Å². The SMILES string of the molecule is CCCCCCCCCC/C=C\CCCCCCCCCCCCCCCCCCCCCCCCCCCCCCCC(=O)NC(COC1OC(CO)C(OC2OC(CO)C(OC3OC(CO)C(O)C(O)C3O)C(O)C2O)C(O)C1O)C(O)CCCCCC. The van der Waals surface area contributed by atoms with Crippen LogP contribution in [0.2, 0.25) is 0 Å². The Hall–Kier alpha value is -1.47. The predicted octanol–water partition coefficient (Wildman–Crippen LogP) is 10.4. The molecule has 17 atom stereocenters. The molecule has 12 N–H and O–H groups in total. The third-order valence-corrected chi connectivity index (χ3v) is 18.8. The van der Waals surface area contributed by atoms with Crippen LogP contribution in [0.4, 0.5) is 0 Å². The number of hydrogen-bond donors (Lipinski definition) is 12. The van der Waals surface area contributed by atoms with E-state index in [4.69, 9.17) is 28.4 Å². The van der Waals surface area contributed by atoms with Crippen LogP contribution in [-0.4, -0.2) is 193 Å². The van der Waals surface area contributed by atoms with Gasteiger partial charge in [-0.2, -0.15) is 0 Å². The van der Waals surface area contributed by atoms with Gasteiger partial charge < -0.3 is 89.9 Å². The Labute approximate surface area is 544 Å². The molecule has 532 valence electrons. The minimum absolute atomic E-state index is 0.246. The summed E-state index contributed by atoms with van der Waals surface area (Å²) in [5.41, 5.74) is 0. The van der Waals surface area contributed by atoms with Crippen LogP contribution in [-0.2, 0) is 33.2 Å². The van der Waals surface area contributed by atoms with Crippen LogP contribution >= 0.6 is 0 Å². The first-order valence-electron chi connectivity index (χ1n) is 36.9. The van der Waals surface area contributed by atoms with E-state index < -0.39 is 124 Å². The van der Waals surface area contributed by atoms with E-state index in [1.54, 1.807) is 0 Å². The maximum Gasteiger partial charge on any atom is 0.220 e. The summed E-state index contributed by atoms with van der Waals surface area (Å²) in [6, 6.07) is -0.879. The number of carbonyl (C=O) groups excluding carboxylic acids is 1. The molecule has 0 saturated carbocycles. The van der Waals surface area contributed by atoms with Crippen LogP contribution in [0.5, 0.6) is 0 Å². The van der Waals surface area contributed by atoms with Gasteiger partial charge in [0.05, 0.1) is 38.6 Å². The minimum Gasteiger partial charge on any atom is -0.394 e. The average molecular weight is 1290 g/mol. The molecule has 0 spiro atoms. The molecular formula is C71H135NO18. The number of rotatable bonds is 58. The molecule has 3 fully saturated rings. The standard InChI is InChI=1S/C71H135NO18/c1-3-5-7-9-10-11-12-13-14-15-16-17-18-19-20-21-22-23-24-25-26-27-28-29-30-31-32-33-34-35-36-37-38-39-40-41-42-43-44-45-47-49-59(77)72-54(55(76)48-46-8-6-4-2)53-85-69-65(83)62(80)67(57(51-74)87-69)90-71-66(84)63(81)68(58(52-75)88-71)89-70-64(82)61(79)60(78)56(50-73)86-70/h15-16,54-58,60-71,73-76,78-84H,3-14,17-53H2,1-2H3,(H,72,77)/b16-15-. The molecule has 0 aromatic carbocycles. The Morgan fingerprint density at radius 3 is 1.08 bits per heavy atom. The molecule has 17 unspecified atom stereocenters. The topological polar surface area (TPSA) is 307 Å². The molecule has 3 rings (SSSR count). The molecule has 0 bridgehead atoms. The second-order valence-electron chi connectivity index (χ2n) is 26.8. The smallest absolute Gasteiger partial charge is 0.220 e. The van der Waals surface area contributed by atoms with Crippen LogP contribution in [0, 0.1) is 0 Å². The fourth-order valence-corrected chi connectivity index (χ4v) is 12.8. The zero-order valence-electron chi connectivity index (χ0n) is 56.4. The van der Waals surface area contributed by atoms with Crippen LogP contribution in [0.1, 0.15) is 303 Å². The van der Waals surface area contributed by atoms with Crippen molar-refractivity contribution >= 4 is 5.91 Å². The van der Waals surface area contributed by atoms with Crippen molar-refractivity contribution < 1.29 is 89.4 Å². The van der Waals surface area contributed by atoms with Crippen molar-refractivity contribution in [2.45, 2.75) is 407 Å². The van der Waals surface area contributed by atoms with E-state index >= 15 is 0 Å². The second kappa shape index (κ2) is 53.6. The van der Waals surface area contributed by atoms with E-state index in [-0.39, 0.29) is 18.9 Å². The van der Waals surface area contributed by atoms with Gasteiger partial charge in [0, 0.05) is 6.42 Å². The monoisotopic (exact) mass is 1290 g/mol. The van der Waals surface area contributed by atoms with E-state index in [0.717, 1.165) is 44.9 Å². The van der Waals surface area contributed by atoms with Gasteiger partial charge in [-0.15, -0.1) is 0 Å². The number of aliphatic hydroxyl groups excluding tert-OH is 11. The third-order valence-electron chi connectivity index (χ3n) is 18.8. The van der Waals surface area contributed by atoms with Crippen molar-refractivity contribution in [3.8, 4) is 0 Å². The third kappa shape index (κ3) is 35.0. The summed E-state index contributed by atoms with van der Waals surface area (Å²) in [4.78, 5) is 13.2. The number of unbranched alkanes of at least 4 members (excludes halogenated alkanes) is 40. The second-order valence-corrected chi connectivity index (χ2v) is 26.8. The lowest BCUT2D eigenvalue weighted by atomic mass is 9.96. The molecule has 0 aromatic rings. The maximum absolute atomic E-state index is 13.2. The van der Waals surface area contributed by atoms with Crippen LogP contribution in [0.3, 0.4) is 0 Å². The first kappa shape index (κ1) is 82.8. The molecule has 0 aliphatic carbocycles. The highest BCUT2D eigenvalue weighted by Gasteiger charge is 2.53. The molecule has 90 heavy (non-hydrogen) atoms. The van der Waals surface area contributed by atoms with Gasteiger partial charge >= 0.3 is 0 Å². The fourth-order valence-electron chi connectivity index (χ4n) is 12.8. The summed E-state index contributed by atoms with van der Waals surface area (Å²) in [7, 11) is 0. The summed E-state index contributed by atoms with van der Waals surface area (Å²) < 4.78 is 34.2. The molecule has 0 radical (unpaired) electrons. The quantitative estimate of drug-likeness (QED) is 0.0199. The first-order chi connectivity index (χ1) is 43.8. The predicted molar refractivity (Wildman–Crippen MR) is 351 cm³/mol. The van der Waals surface area contributed by atoms with Crippen molar-refractivity contribution in [1.29, 1.82) is 0 Å². The van der Waals surface area contributed by atoms with Gasteiger partial charge in [-0.05, 0) is 38.5 Å². The number of hydrogen-bond acceptors (Lipinski definition) is 18. The lowest BCUT2D eigenvalue weighted by Crippen LogP contribution is -2.66. The zero-order chi connectivity index (χ0) is 65.4. The Morgan fingerprint density at radius 1 is 0.389 bits per heavy atom. The van der Waals surface area contributed by atoms with Gasteiger partial charge in [0.25, 0.3) is 0 Å². The minimum atomic E-state index is -1.97. The Bertz CT molecular complexity index is 1680. The number of aliphatic hydroxyl groups is 11. The van der Waals surface area contributed by atoms with E-state index in [1.165, 1.54) is 225 Å². The number of nitrogens with one attached hydrogen (secondary N) is 1. The molecule has 3 aliphatic rings. The zero-order valence-corrected chi connectivity index (χ0v) is 56.4. The maximum atomic E-state index is 13.2. The van der Waals surface area contributed by atoms with Gasteiger partial charge in [0.1, 0.15) is 73.2 Å². The summed E-state index contributed by atoms with van der Waals surface area (Å²) in [5, 5.41) is 120. The summed E-state index contributed by atoms with van der Waals surface area (Å²) >= 11 is 0. The molecular weight excluding hydrogens is 1150 g/mol. The lowest BCUT2D eigenvalue weighted by molar-refractivity contribution is -0.379. The van der Waals surface area contributed by atoms with Gasteiger partial charge in [-0.1, -0.05) is 270 Å².